The number of likely N-dealkylation sites (tertiary alicyclic amines) is 1. The molecule has 1 atom stereocenters. The van der Waals surface area contributed by atoms with Crippen LogP contribution in [0.25, 0.3) is 0 Å². The van der Waals surface area contributed by atoms with E-state index in [1.807, 2.05) is 27.8 Å². The Morgan fingerprint density at radius 3 is 2.29 bits per heavy atom. The largest absolute Gasteiger partial charge is 0.511 e. The molecule has 1 aliphatic rings. The second kappa shape index (κ2) is 12.1. The van der Waals surface area contributed by atoms with Crippen molar-refractivity contribution in [2.24, 2.45) is 11.3 Å². The van der Waals surface area contributed by atoms with Crippen LogP contribution >= 0.6 is 34.2 Å². The predicted molar refractivity (Wildman–Crippen MR) is 136 cm³/mol. The molecule has 2 rings (SSSR count). The molecule has 1 fully saturated rings. The minimum absolute atomic E-state index is 0.0556. The molecule has 0 aliphatic carbocycles. The molecular formula is C22H32ClF3IN3O3S. The Morgan fingerprint density at radius 1 is 1.18 bits per heavy atom. The first-order chi connectivity index (χ1) is 15.6. The molecule has 1 saturated heterocycles. The zero-order valence-corrected chi connectivity index (χ0v) is 23.2. The lowest BCUT2D eigenvalue weighted by atomic mass is 9.86. The number of sulfonamides is 1. The standard InChI is InChI=1S/C22H32ClF3IN3O3S/c1-21(2,3)19(29-34(32,33)22(24,25)26)14-30-6-4-15(5-7-30)11-20(31)28-13-17-8-16(12-27)9-18(23)10-17/h8-10,15,19,29H,4-7,11-14H2,1-3H3,(H,28,31). The molecule has 0 saturated carbocycles. The average Bonchev–Trinajstić information content (AvgIpc) is 2.71. The summed E-state index contributed by atoms with van der Waals surface area (Å²) in [5.41, 5.74) is -4.01. The molecule has 1 aliphatic heterocycles. The smallest absolute Gasteiger partial charge is 0.352 e. The van der Waals surface area contributed by atoms with Gasteiger partial charge in [-0.1, -0.05) is 61.0 Å². The van der Waals surface area contributed by atoms with E-state index < -0.39 is 27.0 Å². The van der Waals surface area contributed by atoms with E-state index in [-0.39, 0.29) is 18.4 Å². The van der Waals surface area contributed by atoms with Crippen molar-refractivity contribution in [3.05, 3.63) is 34.3 Å². The summed E-state index contributed by atoms with van der Waals surface area (Å²) in [7, 11) is -5.43. The third-order valence-electron chi connectivity index (χ3n) is 5.93. The van der Waals surface area contributed by atoms with Crippen LogP contribution in [0.5, 0.6) is 0 Å². The van der Waals surface area contributed by atoms with Gasteiger partial charge in [-0.2, -0.15) is 13.2 Å². The van der Waals surface area contributed by atoms with E-state index in [4.69, 9.17) is 11.6 Å². The van der Waals surface area contributed by atoms with Crippen LogP contribution in [0.2, 0.25) is 5.02 Å². The highest BCUT2D eigenvalue weighted by Crippen LogP contribution is 2.28. The van der Waals surface area contributed by atoms with Gasteiger partial charge in [0.15, 0.2) is 0 Å². The van der Waals surface area contributed by atoms with Crippen LogP contribution in [-0.2, 0) is 25.8 Å². The van der Waals surface area contributed by atoms with Crippen molar-refractivity contribution in [3.63, 3.8) is 0 Å². The first-order valence-corrected chi connectivity index (χ1v) is 14.4. The van der Waals surface area contributed by atoms with E-state index >= 15 is 0 Å². The second-order valence-corrected chi connectivity index (χ2v) is 12.7. The highest BCUT2D eigenvalue weighted by molar-refractivity contribution is 14.1. The van der Waals surface area contributed by atoms with Crippen LogP contribution in [-0.4, -0.2) is 50.4 Å². The van der Waals surface area contributed by atoms with Gasteiger partial charge in [0.2, 0.25) is 5.91 Å². The molecule has 1 unspecified atom stereocenters. The fourth-order valence-corrected chi connectivity index (χ4v) is 5.46. The summed E-state index contributed by atoms with van der Waals surface area (Å²) in [6.07, 6.45) is 1.80. The lowest BCUT2D eigenvalue weighted by Gasteiger charge is -2.38. The number of nitrogens with zero attached hydrogens (tertiary/aromatic N) is 1. The molecule has 0 bridgehead atoms. The molecule has 0 aromatic heterocycles. The van der Waals surface area contributed by atoms with Crippen molar-refractivity contribution in [3.8, 4) is 0 Å². The molecule has 0 radical (unpaired) electrons. The Hall–Kier alpha value is -0.630. The maximum absolute atomic E-state index is 12.9. The van der Waals surface area contributed by atoms with E-state index in [9.17, 15) is 26.4 Å². The topological polar surface area (TPSA) is 78.5 Å². The van der Waals surface area contributed by atoms with Gasteiger partial charge >= 0.3 is 15.5 Å². The number of carbonyl (C=O) groups is 1. The number of benzene rings is 1. The number of rotatable bonds is 9. The molecule has 2 N–H and O–H groups in total. The maximum Gasteiger partial charge on any atom is 0.511 e. The maximum atomic E-state index is 12.9. The summed E-state index contributed by atoms with van der Waals surface area (Å²) in [5.74, 6) is 0.112. The molecule has 1 aromatic carbocycles. The molecule has 1 amide bonds. The summed E-state index contributed by atoms with van der Waals surface area (Å²) < 4.78 is 64.5. The van der Waals surface area contributed by atoms with Gasteiger partial charge in [0.25, 0.3) is 0 Å². The Labute approximate surface area is 218 Å². The van der Waals surface area contributed by atoms with Crippen molar-refractivity contribution in [2.75, 3.05) is 19.6 Å². The highest BCUT2D eigenvalue weighted by Gasteiger charge is 2.48. The third-order valence-corrected chi connectivity index (χ3v) is 8.23. The van der Waals surface area contributed by atoms with Gasteiger partial charge in [0, 0.05) is 35.0 Å². The molecule has 1 heterocycles. The SMILES string of the molecule is CC(C)(C)C(CN1CCC(CC(=O)NCc2cc(Cl)cc(CI)c2)CC1)NS(=O)(=O)C(F)(F)F. The fraction of sp³-hybridized carbons (Fsp3) is 0.682. The fourth-order valence-electron chi connectivity index (χ4n) is 3.80. The third kappa shape index (κ3) is 9.11. The number of amides is 1. The van der Waals surface area contributed by atoms with Crippen molar-refractivity contribution in [1.29, 1.82) is 0 Å². The summed E-state index contributed by atoms with van der Waals surface area (Å²) in [4.78, 5) is 14.4. The molecule has 12 heteroatoms. The van der Waals surface area contributed by atoms with Crippen molar-refractivity contribution in [2.45, 2.75) is 62.6 Å². The Morgan fingerprint density at radius 2 is 1.76 bits per heavy atom. The molecule has 6 nitrogen and oxygen atoms in total. The number of piperidine rings is 1. The first kappa shape index (κ1) is 29.6. The molecule has 1 aromatic rings. The number of alkyl halides is 4. The second-order valence-electron chi connectivity index (χ2n) is 9.81. The summed E-state index contributed by atoms with van der Waals surface area (Å²) in [5, 5.41) is 3.57. The van der Waals surface area contributed by atoms with Gasteiger partial charge in [0.05, 0.1) is 0 Å². The summed E-state index contributed by atoms with van der Waals surface area (Å²) in [6.45, 7) is 6.86. The van der Waals surface area contributed by atoms with Crippen molar-refractivity contribution in [1.82, 2.24) is 14.9 Å². The summed E-state index contributed by atoms with van der Waals surface area (Å²) in [6, 6.07) is 4.83. The minimum Gasteiger partial charge on any atom is -0.352 e. The van der Waals surface area contributed by atoms with Crippen molar-refractivity contribution >= 4 is 50.1 Å². The Kier molecular flexibility index (Phi) is 10.5. The molecule has 0 spiro atoms. The van der Waals surface area contributed by atoms with Gasteiger partial charge < -0.3 is 10.2 Å². The predicted octanol–water partition coefficient (Wildman–Crippen LogP) is 4.85. The average molecular weight is 638 g/mol. The molecule has 194 valence electrons. The zero-order valence-electron chi connectivity index (χ0n) is 19.5. The number of carbonyl (C=O) groups excluding carboxylic acids is 1. The van der Waals surface area contributed by atoms with Crippen LogP contribution in [0.3, 0.4) is 0 Å². The Bertz CT molecular complexity index is 947. The van der Waals surface area contributed by atoms with Gasteiger partial charge in [-0.3, -0.25) is 4.79 Å². The van der Waals surface area contributed by atoms with Crippen LogP contribution in [0.4, 0.5) is 13.2 Å². The van der Waals surface area contributed by atoms with Gasteiger partial charge in [-0.05, 0) is 60.5 Å². The number of halogens is 5. The van der Waals surface area contributed by atoms with Crippen LogP contribution < -0.4 is 10.0 Å². The van der Waals surface area contributed by atoms with E-state index in [0.29, 0.717) is 43.9 Å². The van der Waals surface area contributed by atoms with E-state index in [0.717, 1.165) is 15.6 Å². The van der Waals surface area contributed by atoms with Crippen LogP contribution in [0.1, 0.15) is 51.2 Å². The van der Waals surface area contributed by atoms with Crippen LogP contribution in [0.15, 0.2) is 18.2 Å². The first-order valence-electron chi connectivity index (χ1n) is 11.0. The lowest BCUT2D eigenvalue weighted by molar-refractivity contribution is -0.122. The van der Waals surface area contributed by atoms with Gasteiger partial charge in [-0.25, -0.2) is 13.1 Å². The van der Waals surface area contributed by atoms with Gasteiger partial charge in [-0.15, -0.1) is 0 Å². The van der Waals surface area contributed by atoms with Crippen molar-refractivity contribution < 1.29 is 26.4 Å². The van der Waals surface area contributed by atoms with E-state index in [1.54, 1.807) is 20.8 Å². The summed E-state index contributed by atoms with van der Waals surface area (Å²) >= 11 is 8.37. The van der Waals surface area contributed by atoms with E-state index in [2.05, 4.69) is 27.9 Å². The number of nitrogens with one attached hydrogen (secondary N) is 2. The molecule has 34 heavy (non-hydrogen) atoms. The zero-order chi connectivity index (χ0) is 25.7. The minimum atomic E-state index is -5.43. The quantitative estimate of drug-likeness (QED) is 0.300. The Balaban J connectivity index is 1.84. The normalized spacial score (nSPS) is 17.5. The highest BCUT2D eigenvalue weighted by atomic mass is 127. The molecular weight excluding hydrogens is 606 g/mol. The lowest BCUT2D eigenvalue weighted by Crippen LogP contribution is -2.54. The monoisotopic (exact) mass is 637 g/mol. The number of hydrogen-bond acceptors (Lipinski definition) is 4. The number of hydrogen-bond donors (Lipinski definition) is 2. The van der Waals surface area contributed by atoms with Gasteiger partial charge in [0.1, 0.15) is 0 Å². The van der Waals surface area contributed by atoms with Crippen LogP contribution in [0, 0.1) is 11.3 Å². The van der Waals surface area contributed by atoms with E-state index in [1.165, 1.54) is 0 Å².